The lowest BCUT2D eigenvalue weighted by Gasteiger charge is -2.22. The summed E-state index contributed by atoms with van der Waals surface area (Å²) in [6, 6.07) is 8.72. The Labute approximate surface area is 114 Å². The molecule has 19 heavy (non-hydrogen) atoms. The van der Waals surface area contributed by atoms with Crippen molar-refractivity contribution in [2.45, 2.75) is 13.3 Å². The van der Waals surface area contributed by atoms with Gasteiger partial charge in [0.15, 0.2) is 0 Å². The average molecular weight is 255 g/mol. The Balaban J connectivity index is 1.91. The highest BCUT2D eigenvalue weighted by Crippen LogP contribution is 2.21. The molecule has 0 amide bonds. The van der Waals surface area contributed by atoms with Crippen LogP contribution >= 0.6 is 0 Å². The topological polar surface area (TPSA) is 19.4 Å². The molecule has 2 heterocycles. The first-order valence-corrected chi connectivity index (χ1v) is 7.02. The molecule has 1 fully saturated rings. The maximum Gasteiger partial charge on any atom is 0.0703 e. The largest absolute Gasteiger partial charge is 0.369 e. The molecule has 1 aliphatic heterocycles. The molecule has 100 valence electrons. The normalized spacial score (nSPS) is 17.7. The van der Waals surface area contributed by atoms with E-state index in [-0.39, 0.29) is 0 Å². The molecule has 1 aromatic carbocycles. The number of aromatic nitrogens is 1. The van der Waals surface area contributed by atoms with Gasteiger partial charge in [0.1, 0.15) is 0 Å². The molecule has 1 saturated heterocycles. The third-order valence-electron chi connectivity index (χ3n) is 3.91. The fourth-order valence-corrected chi connectivity index (χ4v) is 2.72. The van der Waals surface area contributed by atoms with Crippen LogP contribution in [0.25, 0.3) is 10.9 Å². The van der Waals surface area contributed by atoms with E-state index in [1.807, 2.05) is 6.20 Å². The fourth-order valence-electron chi connectivity index (χ4n) is 2.72. The van der Waals surface area contributed by atoms with Crippen molar-refractivity contribution >= 4 is 16.6 Å². The van der Waals surface area contributed by atoms with E-state index < -0.39 is 0 Å². The van der Waals surface area contributed by atoms with E-state index in [0.717, 1.165) is 25.2 Å². The van der Waals surface area contributed by atoms with Gasteiger partial charge in [0.2, 0.25) is 0 Å². The van der Waals surface area contributed by atoms with Gasteiger partial charge in [-0.15, -0.1) is 0 Å². The fraction of sp³-hybridized carbons (Fsp3) is 0.438. The second-order valence-electron chi connectivity index (χ2n) is 5.53. The minimum absolute atomic E-state index is 1.08. The van der Waals surface area contributed by atoms with Crippen molar-refractivity contribution in [1.82, 2.24) is 9.88 Å². The predicted molar refractivity (Wildman–Crippen MR) is 80.8 cm³/mol. The molecule has 0 bridgehead atoms. The number of rotatable bonds is 1. The quantitative estimate of drug-likeness (QED) is 0.781. The summed E-state index contributed by atoms with van der Waals surface area (Å²) in [7, 11) is 2.20. The molecule has 0 spiro atoms. The van der Waals surface area contributed by atoms with Gasteiger partial charge >= 0.3 is 0 Å². The molecule has 3 nitrogen and oxygen atoms in total. The van der Waals surface area contributed by atoms with E-state index in [1.165, 1.54) is 29.6 Å². The zero-order chi connectivity index (χ0) is 13.2. The number of benzene rings is 1. The van der Waals surface area contributed by atoms with E-state index in [9.17, 15) is 0 Å². The van der Waals surface area contributed by atoms with Gasteiger partial charge in [-0.2, -0.15) is 0 Å². The molecule has 3 rings (SSSR count). The number of aryl methyl sites for hydroxylation is 1. The monoisotopic (exact) mass is 255 g/mol. The lowest BCUT2D eigenvalue weighted by atomic mass is 10.1. The number of hydrogen-bond acceptors (Lipinski definition) is 3. The van der Waals surface area contributed by atoms with Crippen LogP contribution in [0.4, 0.5) is 5.69 Å². The first-order chi connectivity index (χ1) is 9.22. The minimum atomic E-state index is 1.08. The molecule has 0 atom stereocenters. The van der Waals surface area contributed by atoms with Crippen LogP contribution in [0.5, 0.6) is 0 Å². The highest BCUT2D eigenvalue weighted by Gasteiger charge is 2.13. The Morgan fingerprint density at radius 1 is 1.05 bits per heavy atom. The van der Waals surface area contributed by atoms with E-state index in [1.54, 1.807) is 0 Å². The zero-order valence-electron chi connectivity index (χ0n) is 11.8. The van der Waals surface area contributed by atoms with Gasteiger partial charge < -0.3 is 9.80 Å². The van der Waals surface area contributed by atoms with Crippen molar-refractivity contribution in [3.63, 3.8) is 0 Å². The molecule has 0 unspecified atom stereocenters. The number of nitrogens with zero attached hydrogens (tertiary/aromatic N) is 3. The maximum absolute atomic E-state index is 4.59. The Morgan fingerprint density at radius 3 is 2.84 bits per heavy atom. The van der Waals surface area contributed by atoms with Gasteiger partial charge in [0.25, 0.3) is 0 Å². The summed E-state index contributed by atoms with van der Waals surface area (Å²) in [4.78, 5) is 9.45. The Morgan fingerprint density at radius 2 is 1.95 bits per heavy atom. The number of fused-ring (bicyclic) bond motifs is 1. The Hall–Kier alpha value is -1.61. The highest BCUT2D eigenvalue weighted by molar-refractivity contribution is 5.82. The van der Waals surface area contributed by atoms with Crippen molar-refractivity contribution in [1.29, 1.82) is 0 Å². The molecular weight excluding hydrogens is 234 g/mol. The maximum atomic E-state index is 4.59. The zero-order valence-corrected chi connectivity index (χ0v) is 11.8. The number of pyridine rings is 1. The molecule has 0 radical (unpaired) electrons. The first-order valence-electron chi connectivity index (χ1n) is 7.02. The van der Waals surface area contributed by atoms with Crippen LogP contribution in [0, 0.1) is 6.92 Å². The van der Waals surface area contributed by atoms with Crippen molar-refractivity contribution in [2.75, 3.05) is 38.1 Å². The highest BCUT2D eigenvalue weighted by atomic mass is 15.2. The summed E-state index contributed by atoms with van der Waals surface area (Å²) in [6.07, 6.45) is 3.24. The lowest BCUT2D eigenvalue weighted by molar-refractivity contribution is 0.360. The van der Waals surface area contributed by atoms with Crippen LogP contribution in [0.15, 0.2) is 30.5 Å². The summed E-state index contributed by atoms with van der Waals surface area (Å²) in [5, 5.41) is 1.25. The van der Waals surface area contributed by atoms with Gasteiger partial charge in [-0.3, -0.25) is 4.98 Å². The number of likely N-dealkylation sites (N-methyl/N-ethyl adjacent to an activating group) is 1. The molecule has 2 aromatic rings. The van der Waals surface area contributed by atoms with Gasteiger partial charge in [-0.05, 0) is 45.1 Å². The van der Waals surface area contributed by atoms with Crippen LogP contribution in [-0.4, -0.2) is 43.1 Å². The minimum Gasteiger partial charge on any atom is -0.369 e. The molecule has 1 aromatic heterocycles. The Kier molecular flexibility index (Phi) is 3.38. The summed E-state index contributed by atoms with van der Waals surface area (Å²) in [5.41, 5.74) is 3.64. The third kappa shape index (κ3) is 2.71. The van der Waals surface area contributed by atoms with Crippen molar-refractivity contribution < 1.29 is 0 Å². The van der Waals surface area contributed by atoms with E-state index >= 15 is 0 Å². The molecule has 3 heteroatoms. The standard InChI is InChI=1S/C16H21N3/c1-13-4-5-16-14(10-13)11-15(12-17-16)19-7-3-6-18(2)8-9-19/h4-5,10-12H,3,6-9H2,1-2H3. The molecule has 1 aliphatic rings. The van der Waals surface area contributed by atoms with Crippen molar-refractivity contribution in [3.05, 3.63) is 36.0 Å². The summed E-state index contributed by atoms with van der Waals surface area (Å²) < 4.78 is 0. The van der Waals surface area contributed by atoms with Crippen LogP contribution in [0.2, 0.25) is 0 Å². The SMILES string of the molecule is Cc1ccc2ncc(N3CCCN(C)CC3)cc2c1. The number of anilines is 1. The second-order valence-corrected chi connectivity index (χ2v) is 5.53. The van der Waals surface area contributed by atoms with E-state index in [2.05, 4.69) is 53.0 Å². The third-order valence-corrected chi connectivity index (χ3v) is 3.91. The molecule has 0 N–H and O–H groups in total. The first kappa shape index (κ1) is 12.4. The smallest absolute Gasteiger partial charge is 0.0703 e. The summed E-state index contributed by atoms with van der Waals surface area (Å²) in [6.45, 7) is 6.67. The summed E-state index contributed by atoms with van der Waals surface area (Å²) in [5.74, 6) is 0. The second kappa shape index (κ2) is 5.17. The average Bonchev–Trinajstić information content (AvgIpc) is 2.63. The van der Waals surface area contributed by atoms with Gasteiger partial charge in [0, 0.05) is 25.0 Å². The van der Waals surface area contributed by atoms with Crippen LogP contribution in [0.1, 0.15) is 12.0 Å². The molecular formula is C16H21N3. The van der Waals surface area contributed by atoms with Gasteiger partial charge in [-0.1, -0.05) is 11.6 Å². The van der Waals surface area contributed by atoms with Crippen LogP contribution in [-0.2, 0) is 0 Å². The predicted octanol–water partition coefficient (Wildman–Crippen LogP) is 2.69. The van der Waals surface area contributed by atoms with E-state index in [0.29, 0.717) is 0 Å². The van der Waals surface area contributed by atoms with E-state index in [4.69, 9.17) is 0 Å². The molecule has 0 saturated carbocycles. The van der Waals surface area contributed by atoms with Crippen LogP contribution in [0.3, 0.4) is 0 Å². The van der Waals surface area contributed by atoms with Gasteiger partial charge in [-0.25, -0.2) is 0 Å². The Bertz CT molecular complexity index is 579. The van der Waals surface area contributed by atoms with Crippen molar-refractivity contribution in [3.8, 4) is 0 Å². The number of hydrogen-bond donors (Lipinski definition) is 0. The van der Waals surface area contributed by atoms with Crippen LogP contribution < -0.4 is 4.90 Å². The lowest BCUT2D eigenvalue weighted by Crippen LogP contribution is -2.28. The van der Waals surface area contributed by atoms with Gasteiger partial charge in [0.05, 0.1) is 17.4 Å². The van der Waals surface area contributed by atoms with Crippen molar-refractivity contribution in [2.24, 2.45) is 0 Å². The summed E-state index contributed by atoms with van der Waals surface area (Å²) >= 11 is 0. The molecule has 0 aliphatic carbocycles.